The number of halogens is 1. The molecule has 0 spiro atoms. The molecular formula is C26H34BBrO4. The second-order valence-electron chi connectivity index (χ2n) is 9.95. The van der Waals surface area contributed by atoms with Crippen molar-refractivity contribution in [1.82, 2.24) is 0 Å². The van der Waals surface area contributed by atoms with Crippen LogP contribution in [0.4, 0.5) is 0 Å². The molecule has 1 aliphatic heterocycles. The van der Waals surface area contributed by atoms with E-state index in [0.29, 0.717) is 23.4 Å². The lowest BCUT2D eigenvalue weighted by molar-refractivity contribution is 0.00578. The Kier molecular flexibility index (Phi) is 7.48. The van der Waals surface area contributed by atoms with Gasteiger partial charge in [0.15, 0.2) is 0 Å². The van der Waals surface area contributed by atoms with Crippen LogP contribution < -0.4 is 0 Å². The maximum atomic E-state index is 6.07. The van der Waals surface area contributed by atoms with Gasteiger partial charge in [-0.15, -0.1) is 0 Å². The largest absolute Gasteiger partial charge is 0.463 e. The minimum absolute atomic E-state index is 0.124. The Hall–Kier alpha value is -1.18. The fourth-order valence-corrected chi connectivity index (χ4v) is 4.12. The highest BCUT2D eigenvalue weighted by Crippen LogP contribution is 2.50. The third-order valence-electron chi connectivity index (χ3n) is 6.67. The summed E-state index contributed by atoms with van der Waals surface area (Å²) in [6.45, 7) is 9.78. The molecule has 6 heteroatoms. The predicted octanol–water partition coefficient (Wildman–Crippen LogP) is 6.18. The Morgan fingerprint density at radius 2 is 1.22 bits per heavy atom. The van der Waals surface area contributed by atoms with Gasteiger partial charge >= 0.3 is 7.12 Å². The van der Waals surface area contributed by atoms with Crippen LogP contribution in [0.3, 0.4) is 0 Å². The zero-order valence-corrected chi connectivity index (χ0v) is 21.1. The number of ether oxygens (including phenoxy) is 2. The molecule has 1 saturated heterocycles. The van der Waals surface area contributed by atoms with Crippen molar-refractivity contribution in [3.63, 3.8) is 0 Å². The Labute approximate surface area is 201 Å². The average Bonchev–Trinajstić information content (AvgIpc) is 3.67. The predicted molar refractivity (Wildman–Crippen MR) is 132 cm³/mol. The molecular weight excluding hydrogens is 467 g/mol. The first-order valence-electron chi connectivity index (χ1n) is 11.6. The third kappa shape index (κ3) is 6.24. The first kappa shape index (κ1) is 24.0. The highest BCUT2D eigenvalue weighted by Gasteiger charge is 2.60. The summed E-state index contributed by atoms with van der Waals surface area (Å²) in [5.41, 5.74) is 1.98. The molecule has 2 aliphatic carbocycles. The van der Waals surface area contributed by atoms with E-state index in [-0.39, 0.29) is 24.4 Å². The Bertz CT molecular complexity index is 845. The van der Waals surface area contributed by atoms with Crippen molar-refractivity contribution >= 4 is 23.0 Å². The van der Waals surface area contributed by atoms with E-state index in [4.69, 9.17) is 18.8 Å². The van der Waals surface area contributed by atoms with Gasteiger partial charge in [-0.3, -0.25) is 0 Å². The summed E-state index contributed by atoms with van der Waals surface area (Å²) in [6, 6.07) is 20.6. The summed E-state index contributed by atoms with van der Waals surface area (Å²) in [5.74, 6) is 0.375. The van der Waals surface area contributed by atoms with Crippen molar-refractivity contribution in [3.8, 4) is 0 Å². The summed E-state index contributed by atoms with van der Waals surface area (Å²) in [4.78, 5) is 0.598. The van der Waals surface area contributed by atoms with Crippen LogP contribution in [0.5, 0.6) is 0 Å². The van der Waals surface area contributed by atoms with Crippen LogP contribution in [0.15, 0.2) is 60.7 Å². The second kappa shape index (κ2) is 9.98. The van der Waals surface area contributed by atoms with Crippen molar-refractivity contribution in [2.45, 2.75) is 87.8 Å². The smallest absolute Gasteiger partial charge is 0.403 e. The summed E-state index contributed by atoms with van der Waals surface area (Å²) in [7, 11) is -0.124. The molecule has 0 radical (unpaired) electrons. The minimum Gasteiger partial charge on any atom is -0.403 e. The van der Waals surface area contributed by atoms with Crippen LogP contribution in [-0.2, 0) is 32.0 Å². The summed E-state index contributed by atoms with van der Waals surface area (Å²) in [6.07, 6.45) is 2.91. The van der Waals surface area contributed by atoms with Crippen LogP contribution >= 0.6 is 15.9 Å². The quantitative estimate of drug-likeness (QED) is 0.336. The van der Waals surface area contributed by atoms with Crippen molar-refractivity contribution in [1.29, 1.82) is 0 Å². The maximum Gasteiger partial charge on any atom is 0.463 e. The molecule has 4 atom stereocenters. The number of hydrogen-bond acceptors (Lipinski definition) is 4. The molecule has 5 rings (SSSR count). The zero-order valence-electron chi connectivity index (χ0n) is 19.5. The topological polar surface area (TPSA) is 36.9 Å². The standard InChI is InChI=1S/C16H23BO3.C10H11BrO/c1-15(2)16(3,4)20-17(19-15)13-10-14(13)18-11-12-8-6-5-7-9-12;11-9-6-10(9)12-7-8-4-2-1-3-5-8/h5-9,13-14H,10-11H2,1-4H3;1-5,9-10H,6-7H2/t13-,14-;9-,10-/m00/s1. The van der Waals surface area contributed by atoms with Crippen LogP contribution in [0.25, 0.3) is 0 Å². The first-order valence-corrected chi connectivity index (χ1v) is 12.5. The SMILES string of the molecule is Br[C@H]1C[C@@H]1OCc1ccccc1.CC1(C)OB([C@H]2C[C@@H]2OCc2ccccc2)OC1(C)C. The molecule has 0 N–H and O–H groups in total. The third-order valence-corrected chi connectivity index (χ3v) is 7.63. The van der Waals surface area contributed by atoms with E-state index < -0.39 is 0 Å². The molecule has 1 heterocycles. The highest BCUT2D eigenvalue weighted by atomic mass is 79.9. The number of hydrogen-bond donors (Lipinski definition) is 0. The summed E-state index contributed by atoms with van der Waals surface area (Å²) in [5, 5.41) is 0. The molecule has 3 aliphatic rings. The van der Waals surface area contributed by atoms with Gasteiger partial charge in [0, 0.05) is 10.6 Å². The van der Waals surface area contributed by atoms with Crippen molar-refractivity contribution in [2.24, 2.45) is 0 Å². The van der Waals surface area contributed by atoms with E-state index in [1.807, 2.05) is 36.4 Å². The fraction of sp³-hybridized carbons (Fsp3) is 0.538. The van der Waals surface area contributed by atoms with E-state index in [1.165, 1.54) is 11.1 Å². The Morgan fingerprint density at radius 1 is 0.781 bits per heavy atom. The molecule has 0 aromatic heterocycles. The molecule has 2 aromatic carbocycles. The van der Waals surface area contributed by atoms with Gasteiger partial charge in [0.05, 0.1) is 36.6 Å². The van der Waals surface area contributed by atoms with Crippen molar-refractivity contribution in [2.75, 3.05) is 0 Å². The monoisotopic (exact) mass is 500 g/mol. The Balaban J connectivity index is 0.000000174. The first-order chi connectivity index (χ1) is 15.2. The maximum absolute atomic E-state index is 6.07. The molecule has 4 nitrogen and oxygen atoms in total. The average molecular weight is 501 g/mol. The summed E-state index contributed by atoms with van der Waals surface area (Å²) < 4.78 is 23.7. The lowest BCUT2D eigenvalue weighted by Crippen LogP contribution is -2.41. The summed E-state index contributed by atoms with van der Waals surface area (Å²) >= 11 is 3.50. The van der Waals surface area contributed by atoms with E-state index >= 15 is 0 Å². The normalized spacial score (nSPS) is 29.2. The van der Waals surface area contributed by atoms with Gasteiger partial charge in [-0.05, 0) is 51.7 Å². The molecule has 3 fully saturated rings. The fourth-order valence-electron chi connectivity index (χ4n) is 3.60. The van der Waals surface area contributed by atoms with Gasteiger partial charge in [0.1, 0.15) is 0 Å². The second-order valence-corrected chi connectivity index (χ2v) is 11.1. The number of alkyl halides is 1. The highest BCUT2D eigenvalue weighted by molar-refractivity contribution is 9.09. The minimum atomic E-state index is -0.246. The van der Waals surface area contributed by atoms with Gasteiger partial charge in [-0.25, -0.2) is 0 Å². The van der Waals surface area contributed by atoms with Gasteiger partial charge in [-0.2, -0.15) is 0 Å². The Morgan fingerprint density at radius 3 is 1.66 bits per heavy atom. The van der Waals surface area contributed by atoms with Crippen LogP contribution in [-0.4, -0.2) is 35.4 Å². The number of rotatable bonds is 7. The van der Waals surface area contributed by atoms with E-state index in [0.717, 1.165) is 19.4 Å². The van der Waals surface area contributed by atoms with Crippen LogP contribution in [0.1, 0.15) is 51.7 Å². The van der Waals surface area contributed by atoms with Crippen molar-refractivity contribution in [3.05, 3.63) is 71.8 Å². The van der Waals surface area contributed by atoms with E-state index in [9.17, 15) is 0 Å². The van der Waals surface area contributed by atoms with Gasteiger partial charge in [0.2, 0.25) is 0 Å². The molecule has 172 valence electrons. The zero-order chi connectivity index (χ0) is 22.8. The molecule has 0 bridgehead atoms. The van der Waals surface area contributed by atoms with E-state index in [2.05, 4.69) is 67.9 Å². The molecule has 2 aromatic rings. The lowest BCUT2D eigenvalue weighted by atomic mass is 9.82. The lowest BCUT2D eigenvalue weighted by Gasteiger charge is -2.32. The number of benzene rings is 2. The molecule has 2 saturated carbocycles. The van der Waals surface area contributed by atoms with Crippen molar-refractivity contribution < 1.29 is 18.8 Å². The van der Waals surface area contributed by atoms with Gasteiger partial charge in [0.25, 0.3) is 0 Å². The van der Waals surface area contributed by atoms with Gasteiger partial charge in [-0.1, -0.05) is 76.6 Å². The van der Waals surface area contributed by atoms with E-state index in [1.54, 1.807) is 0 Å². The molecule has 32 heavy (non-hydrogen) atoms. The van der Waals surface area contributed by atoms with Crippen LogP contribution in [0, 0.1) is 0 Å². The van der Waals surface area contributed by atoms with Crippen LogP contribution in [0.2, 0.25) is 5.82 Å². The van der Waals surface area contributed by atoms with Gasteiger partial charge < -0.3 is 18.8 Å². The molecule has 0 amide bonds. The molecule has 0 unspecified atom stereocenters.